The van der Waals surface area contributed by atoms with Crippen LogP contribution in [0.4, 0.5) is 0 Å². The first-order chi connectivity index (χ1) is 11.9. The van der Waals surface area contributed by atoms with E-state index in [0.717, 1.165) is 12.8 Å². The van der Waals surface area contributed by atoms with E-state index in [2.05, 4.69) is 24.0 Å². The lowest BCUT2D eigenvalue weighted by atomic mass is 10.1. The van der Waals surface area contributed by atoms with Crippen LogP contribution in [-0.4, -0.2) is 36.2 Å². The number of nitrogens with two attached hydrogens (primary N) is 1. The van der Waals surface area contributed by atoms with Crippen molar-refractivity contribution in [2.24, 2.45) is 11.7 Å². The van der Waals surface area contributed by atoms with Crippen LogP contribution in [0.25, 0.3) is 0 Å². The number of hydrogen-bond acceptors (Lipinski definition) is 5. The molecular weight excluding hydrogens is 320 g/mol. The van der Waals surface area contributed by atoms with Crippen molar-refractivity contribution >= 4 is 11.9 Å². The summed E-state index contributed by atoms with van der Waals surface area (Å²) in [5, 5.41) is 11.6. The quantitative estimate of drug-likeness (QED) is 0.515. The van der Waals surface area contributed by atoms with E-state index in [1.54, 1.807) is 0 Å². The van der Waals surface area contributed by atoms with E-state index >= 15 is 0 Å². The topological polar surface area (TPSA) is 102 Å². The lowest BCUT2D eigenvalue weighted by Crippen LogP contribution is -2.36. The van der Waals surface area contributed by atoms with Crippen LogP contribution in [0.1, 0.15) is 37.4 Å². The Morgan fingerprint density at radius 2 is 2.12 bits per heavy atom. The van der Waals surface area contributed by atoms with Gasteiger partial charge in [0.05, 0.1) is 6.54 Å². The van der Waals surface area contributed by atoms with Gasteiger partial charge in [0.25, 0.3) is 0 Å². The predicted molar refractivity (Wildman–Crippen MR) is 97.1 cm³/mol. The summed E-state index contributed by atoms with van der Waals surface area (Å²) >= 11 is 0. The van der Waals surface area contributed by atoms with E-state index in [9.17, 15) is 9.59 Å². The molecule has 6 heteroatoms. The lowest BCUT2D eigenvalue weighted by molar-refractivity contribution is -0.145. The third-order valence-electron chi connectivity index (χ3n) is 3.97. The first kappa shape index (κ1) is 20.9. The fourth-order valence-corrected chi connectivity index (χ4v) is 2.49. The fourth-order valence-electron chi connectivity index (χ4n) is 2.49. The Kier molecular flexibility index (Phi) is 8.88. The normalized spacial score (nSPS) is 16.4. The second kappa shape index (κ2) is 10.6. The van der Waals surface area contributed by atoms with Crippen molar-refractivity contribution in [3.63, 3.8) is 0 Å². The van der Waals surface area contributed by atoms with Gasteiger partial charge in [-0.15, -0.1) is 0 Å². The van der Waals surface area contributed by atoms with Crippen LogP contribution in [0.3, 0.4) is 0 Å². The smallest absolute Gasteiger partial charge is 0.323 e. The molecule has 0 spiro atoms. The zero-order valence-corrected chi connectivity index (χ0v) is 14.9. The summed E-state index contributed by atoms with van der Waals surface area (Å²) in [7, 11) is 0. The van der Waals surface area contributed by atoms with Crippen molar-refractivity contribution in [1.82, 2.24) is 5.32 Å². The highest BCUT2D eigenvalue weighted by Gasteiger charge is 2.21. The highest BCUT2D eigenvalue weighted by Crippen LogP contribution is 2.30. The van der Waals surface area contributed by atoms with Crippen molar-refractivity contribution in [3.8, 4) is 0 Å². The van der Waals surface area contributed by atoms with Gasteiger partial charge >= 0.3 is 11.9 Å². The van der Waals surface area contributed by atoms with Crippen LogP contribution in [-0.2, 0) is 20.7 Å². The van der Waals surface area contributed by atoms with E-state index in [4.69, 9.17) is 15.6 Å². The van der Waals surface area contributed by atoms with Crippen molar-refractivity contribution in [2.45, 2.75) is 38.8 Å². The summed E-state index contributed by atoms with van der Waals surface area (Å²) in [6.07, 6.45) is 3.57. The minimum absolute atomic E-state index is 0.0407. The van der Waals surface area contributed by atoms with Gasteiger partial charge in [0.15, 0.2) is 0 Å². The largest absolute Gasteiger partial charge is 0.480 e. The summed E-state index contributed by atoms with van der Waals surface area (Å²) in [5.74, 6) is -1.04. The number of rotatable bonds is 7. The Morgan fingerprint density at radius 3 is 2.72 bits per heavy atom. The number of ether oxygens (including phenoxy) is 1. The average Bonchev–Trinajstić information content (AvgIpc) is 3.00. The van der Waals surface area contributed by atoms with E-state index in [1.807, 2.05) is 26.0 Å². The molecule has 1 aliphatic rings. The maximum atomic E-state index is 10.9. The molecule has 138 valence electrons. The van der Waals surface area contributed by atoms with E-state index in [-0.39, 0.29) is 31.1 Å². The number of hydrogen-bond donors (Lipinski definition) is 3. The van der Waals surface area contributed by atoms with Crippen LogP contribution in [0.2, 0.25) is 0 Å². The first-order valence-corrected chi connectivity index (χ1v) is 8.42. The molecule has 1 aromatic carbocycles. The number of aryl methyl sites for hydroxylation is 1. The molecule has 4 N–H and O–H groups in total. The van der Waals surface area contributed by atoms with Gasteiger partial charge in [-0.3, -0.25) is 9.59 Å². The summed E-state index contributed by atoms with van der Waals surface area (Å²) < 4.78 is 4.73. The monoisotopic (exact) mass is 348 g/mol. The first-order valence-electron chi connectivity index (χ1n) is 8.42. The molecule has 0 saturated carbocycles. The van der Waals surface area contributed by atoms with Crippen LogP contribution in [0.5, 0.6) is 0 Å². The van der Waals surface area contributed by atoms with Crippen LogP contribution in [0, 0.1) is 5.92 Å². The number of carbonyl (C=O) groups is 2. The Labute approximate surface area is 149 Å². The van der Waals surface area contributed by atoms with Gasteiger partial charge in [-0.2, -0.15) is 0 Å². The molecule has 0 aliphatic heterocycles. The zero-order valence-electron chi connectivity index (χ0n) is 14.9. The Bertz CT molecular complexity index is 587. The Morgan fingerprint density at radius 1 is 1.44 bits per heavy atom. The molecule has 1 aromatic rings. The number of carboxylic acids is 1. The van der Waals surface area contributed by atoms with Crippen molar-refractivity contribution < 1.29 is 19.4 Å². The van der Waals surface area contributed by atoms with E-state index in [1.165, 1.54) is 17.2 Å². The molecule has 0 aromatic heterocycles. The highest BCUT2D eigenvalue weighted by atomic mass is 16.5. The summed E-state index contributed by atoms with van der Waals surface area (Å²) in [4.78, 5) is 21.4. The van der Waals surface area contributed by atoms with Crippen LogP contribution < -0.4 is 11.1 Å². The molecule has 0 bridgehead atoms. The molecule has 2 atom stereocenters. The molecule has 0 heterocycles. The lowest BCUT2D eigenvalue weighted by Gasteiger charge is -2.13. The molecule has 0 fully saturated rings. The van der Waals surface area contributed by atoms with Gasteiger partial charge in [-0.1, -0.05) is 50.8 Å². The molecule has 0 radical (unpaired) electrons. The SMILES string of the molecule is C=CCOC(=O)[C@@H](N)C(C)C.O=C(O)CNC1CCc2ccccc21. The molecule has 1 unspecified atom stereocenters. The molecule has 0 saturated heterocycles. The molecule has 2 rings (SSSR count). The van der Waals surface area contributed by atoms with Crippen molar-refractivity contribution in [2.75, 3.05) is 13.2 Å². The van der Waals surface area contributed by atoms with Crippen LogP contribution >= 0.6 is 0 Å². The van der Waals surface area contributed by atoms with Gasteiger partial charge < -0.3 is 20.9 Å². The number of fused-ring (bicyclic) bond motifs is 1. The number of benzene rings is 1. The van der Waals surface area contributed by atoms with Gasteiger partial charge in [0.1, 0.15) is 12.6 Å². The van der Waals surface area contributed by atoms with Crippen molar-refractivity contribution in [1.29, 1.82) is 0 Å². The standard InChI is InChI=1S/C11H13NO2.C8H15NO2/c13-11(14)7-12-10-6-5-8-3-1-2-4-9(8)10;1-4-5-11-8(10)7(9)6(2)3/h1-4,10,12H,5-7H2,(H,13,14);4,6-7H,1,5,9H2,2-3H3/t;7-/m.0/s1. The number of nitrogens with one attached hydrogen (secondary N) is 1. The summed E-state index contributed by atoms with van der Waals surface area (Å²) in [5.41, 5.74) is 8.09. The fraction of sp³-hybridized carbons (Fsp3) is 0.474. The number of aliphatic carboxylic acids is 1. The second-order valence-electron chi connectivity index (χ2n) is 6.25. The summed E-state index contributed by atoms with van der Waals surface area (Å²) in [6, 6.07) is 7.91. The van der Waals surface area contributed by atoms with E-state index < -0.39 is 12.0 Å². The third kappa shape index (κ3) is 7.07. The maximum absolute atomic E-state index is 10.9. The van der Waals surface area contributed by atoms with Gasteiger partial charge in [-0.05, 0) is 29.9 Å². The average molecular weight is 348 g/mol. The highest BCUT2D eigenvalue weighted by molar-refractivity contribution is 5.75. The predicted octanol–water partition coefficient (Wildman–Crippen LogP) is 2.05. The maximum Gasteiger partial charge on any atom is 0.323 e. The van der Waals surface area contributed by atoms with Crippen LogP contribution in [0.15, 0.2) is 36.9 Å². The van der Waals surface area contributed by atoms with E-state index in [0.29, 0.717) is 0 Å². The number of carbonyl (C=O) groups excluding carboxylic acids is 1. The molecular formula is C19H28N2O4. The van der Waals surface area contributed by atoms with Crippen molar-refractivity contribution in [3.05, 3.63) is 48.0 Å². The molecule has 25 heavy (non-hydrogen) atoms. The second-order valence-corrected chi connectivity index (χ2v) is 6.25. The third-order valence-corrected chi connectivity index (χ3v) is 3.97. The number of esters is 1. The number of carboxylic acid groups (broad SMARTS) is 1. The van der Waals surface area contributed by atoms with Gasteiger partial charge in [0.2, 0.25) is 0 Å². The summed E-state index contributed by atoms with van der Waals surface area (Å²) in [6.45, 7) is 7.44. The Balaban J connectivity index is 0.000000260. The molecule has 0 amide bonds. The van der Waals surface area contributed by atoms with Gasteiger partial charge in [-0.25, -0.2) is 0 Å². The minimum Gasteiger partial charge on any atom is -0.480 e. The van der Waals surface area contributed by atoms with Gasteiger partial charge in [0, 0.05) is 6.04 Å². The zero-order chi connectivity index (χ0) is 18.8. The molecule has 6 nitrogen and oxygen atoms in total. The minimum atomic E-state index is -0.797. The molecule has 1 aliphatic carbocycles. The Hall–Kier alpha value is -2.18.